The second-order valence-corrected chi connectivity index (χ2v) is 23.4. The van der Waals surface area contributed by atoms with Crippen molar-refractivity contribution in [3.63, 3.8) is 0 Å². The van der Waals surface area contributed by atoms with E-state index in [4.69, 9.17) is 39.0 Å². The maximum atomic E-state index is 15.1. The number of carbonyl (C=O) groups excluding carboxylic acids is 1. The number of aryl methyl sites for hydroxylation is 1. The van der Waals surface area contributed by atoms with Gasteiger partial charge in [-0.15, -0.1) is 0 Å². The van der Waals surface area contributed by atoms with Gasteiger partial charge < -0.3 is 49.9 Å². The number of aromatic amines is 1. The Morgan fingerprint density at radius 1 is 0.753 bits per heavy atom. The number of rotatable bonds is 7. The molecule has 4 aliphatic heterocycles. The quantitative estimate of drug-likeness (QED) is 0.0475. The van der Waals surface area contributed by atoms with Crippen LogP contribution in [0.1, 0.15) is 54.4 Å². The topological polar surface area (TPSA) is 259 Å². The summed E-state index contributed by atoms with van der Waals surface area (Å²) in [6, 6.07) is 3.26. The van der Waals surface area contributed by atoms with E-state index in [1.165, 1.54) is 12.4 Å². The number of alkyl halides is 1. The Morgan fingerprint density at radius 2 is 1.19 bits per heavy atom. The molecule has 0 radical (unpaired) electrons. The van der Waals surface area contributed by atoms with E-state index in [-0.39, 0.29) is 204 Å². The number of H-pyrrole nitrogens is 1. The first-order valence-electron chi connectivity index (χ1n) is 22.1. The van der Waals surface area contributed by atoms with Crippen molar-refractivity contribution in [1.29, 1.82) is 0 Å². The van der Waals surface area contributed by atoms with Crippen LogP contribution >= 0.6 is 22.6 Å². The third-order valence-corrected chi connectivity index (χ3v) is 17.1. The number of carbonyl (C=O) groups is 1. The molecular weight excluding hydrogens is 1350 g/mol. The number of morpholine rings is 2. The average molecular weight is 1410 g/mol. The van der Waals surface area contributed by atoms with Crippen molar-refractivity contribution < 1.29 is 199 Å². The van der Waals surface area contributed by atoms with Crippen molar-refractivity contribution in [1.82, 2.24) is 39.5 Å². The van der Waals surface area contributed by atoms with Gasteiger partial charge >= 0.3 is 138 Å². The zero-order valence-corrected chi connectivity index (χ0v) is 58.9. The molecule has 0 bridgehead atoms. The summed E-state index contributed by atoms with van der Waals surface area (Å²) in [6.07, 6.45) is 8.65. The molecule has 28 heteroatoms. The summed E-state index contributed by atoms with van der Waals surface area (Å²) in [6.45, 7) is 12.6. The number of hydrogen-bond acceptors (Lipinski definition) is 19. The van der Waals surface area contributed by atoms with Crippen LogP contribution in [0.15, 0.2) is 36.9 Å². The number of halogens is 3. The van der Waals surface area contributed by atoms with Crippen molar-refractivity contribution in [2.75, 3.05) is 66.9 Å². The van der Waals surface area contributed by atoms with E-state index in [0.717, 1.165) is 12.5 Å². The Balaban J connectivity index is 0.000000280. The summed E-state index contributed by atoms with van der Waals surface area (Å²) in [7, 11) is -5.37. The summed E-state index contributed by atoms with van der Waals surface area (Å²) in [4.78, 5) is 46.8. The molecule has 1 N–H and O–H groups in total. The van der Waals surface area contributed by atoms with Gasteiger partial charge in [-0.25, -0.2) is 46.7 Å². The number of ether oxygens (including phenoxy) is 4. The normalized spacial score (nSPS) is 19.2. The molecule has 73 heavy (non-hydrogen) atoms. The zero-order valence-electron chi connectivity index (χ0n) is 43.6. The fraction of sp³-hybridized carbons (Fsp3) is 0.489. The zero-order chi connectivity index (χ0) is 52.0. The fourth-order valence-corrected chi connectivity index (χ4v) is 9.67. The predicted octanol–water partition coefficient (Wildman–Crippen LogP) is -1.53. The molecule has 6 aromatic rings. The molecule has 0 saturated carbocycles. The standard InChI is InChI=1S/C22H26FN5O4S.C21H24FN5O4S.CH3I.CH2O3.2Cs.H/c1-12-9-31-10-13-11-32-17-18(22(2,3)33(5,29)30)25-20(26-21(17)28(12)13)16-14-6-7-27(4)15(14)8-24-19(16)23;1-11-8-30-9-12-10-31-16-17(21(2,3)32(4,28)29)25-19(26-20(16)27(11)12)15-13-5-6-23-14(13)7-24-18(15)22;1-2;2-1-4-3;;;/h6-8,12-13H,9-11H2,1-5H3;5-7,11-12,23H,8-10H2,1-4H3;1H3;1,3H;;;/q;;;;2*+1;-1/p-1/t12-,13+;11-,12+;;;;;/m11...../s1. The van der Waals surface area contributed by atoms with E-state index in [0.29, 0.717) is 84.6 Å². The molecule has 2 fully saturated rings. The van der Waals surface area contributed by atoms with Crippen LogP contribution in [0.5, 0.6) is 11.5 Å². The van der Waals surface area contributed by atoms with Crippen LogP contribution < -0.4 is 162 Å². The van der Waals surface area contributed by atoms with Gasteiger partial charge in [0.25, 0.3) is 6.47 Å². The first-order valence-corrected chi connectivity index (χ1v) is 28.0. The van der Waals surface area contributed by atoms with Crippen LogP contribution in [0.4, 0.5) is 20.4 Å². The SMILES string of the molecule is CI.C[C@@H]1COC[C@H]2COc3c(nc(-c4c(F)ncc5[nH]ccc45)nc3C(C)(C)S(C)(=O)=O)N21.C[C@@H]1COC[C@H]2COc3c(nc(-c4c(F)ncc5c4ccn5C)nc3C(C)(C)S(C)(=O)=O)N21.O=CO[O-].[Cs+].[Cs+].[H-]. The van der Waals surface area contributed by atoms with Crippen molar-refractivity contribution in [3.8, 4) is 34.3 Å². The Labute approximate surface area is 554 Å². The molecule has 386 valence electrons. The van der Waals surface area contributed by atoms with Gasteiger partial charge in [0.1, 0.15) is 34.1 Å². The van der Waals surface area contributed by atoms with Gasteiger partial charge in [-0.1, -0.05) is 22.6 Å². The summed E-state index contributed by atoms with van der Waals surface area (Å²) in [5.41, 5.74) is 1.98. The van der Waals surface area contributed by atoms with Crippen molar-refractivity contribution >= 4 is 82.2 Å². The Hall–Kier alpha value is -1.32. The third-order valence-electron chi connectivity index (χ3n) is 13.0. The van der Waals surface area contributed by atoms with E-state index in [1.807, 2.05) is 30.4 Å². The van der Waals surface area contributed by atoms with Gasteiger partial charge in [-0.2, -0.15) is 8.78 Å². The van der Waals surface area contributed by atoms with Gasteiger partial charge in [0.2, 0.25) is 11.9 Å². The van der Waals surface area contributed by atoms with Crippen LogP contribution in [-0.2, 0) is 55.4 Å². The summed E-state index contributed by atoms with van der Waals surface area (Å²) in [5.74, 6) is 0.200. The van der Waals surface area contributed by atoms with Gasteiger partial charge in [0.05, 0.1) is 85.1 Å². The second kappa shape index (κ2) is 25.2. The van der Waals surface area contributed by atoms with Gasteiger partial charge in [-0.05, 0) is 58.6 Å². The number of aromatic nitrogens is 8. The largest absolute Gasteiger partial charge is 1.00 e. The number of sulfone groups is 2. The van der Waals surface area contributed by atoms with Gasteiger partial charge in [0.15, 0.2) is 54.5 Å². The Kier molecular flexibility index (Phi) is 21.6. The molecule has 4 aliphatic rings. The van der Waals surface area contributed by atoms with Crippen molar-refractivity contribution in [2.24, 2.45) is 7.05 Å². The first kappa shape index (κ1) is 62.5. The van der Waals surface area contributed by atoms with E-state index in [1.54, 1.807) is 52.2 Å². The van der Waals surface area contributed by atoms with E-state index < -0.39 is 41.1 Å². The molecule has 0 amide bonds. The molecule has 2 saturated heterocycles. The number of pyridine rings is 2. The van der Waals surface area contributed by atoms with Gasteiger partial charge in [-0.3, -0.25) is 4.79 Å². The van der Waals surface area contributed by atoms with E-state index >= 15 is 4.39 Å². The van der Waals surface area contributed by atoms with Crippen LogP contribution in [0.2, 0.25) is 0 Å². The Bertz CT molecular complexity index is 3220. The molecular formula is C45H55Cs2F2IN10O11S2. The minimum absolute atomic E-state index is 0. The number of anilines is 2. The summed E-state index contributed by atoms with van der Waals surface area (Å²) >= 11 is 2.15. The minimum Gasteiger partial charge on any atom is -1.00 e. The smallest absolute Gasteiger partial charge is 1.00 e. The molecule has 21 nitrogen and oxygen atoms in total. The van der Waals surface area contributed by atoms with E-state index in [9.17, 15) is 21.2 Å². The molecule has 0 aromatic carbocycles. The molecule has 0 aliphatic carbocycles. The van der Waals surface area contributed by atoms with Crippen molar-refractivity contribution in [3.05, 3.63) is 60.2 Å². The second-order valence-electron chi connectivity index (χ2n) is 18.3. The maximum absolute atomic E-state index is 15.1. The van der Waals surface area contributed by atoms with E-state index in [2.05, 4.69) is 62.2 Å². The third kappa shape index (κ3) is 12.3. The van der Waals surface area contributed by atoms with Crippen LogP contribution in [0, 0.1) is 11.9 Å². The van der Waals surface area contributed by atoms with Crippen LogP contribution in [0.25, 0.3) is 44.6 Å². The molecule has 4 atom stereocenters. The number of fused-ring (bicyclic) bond motifs is 8. The van der Waals surface area contributed by atoms with Crippen LogP contribution in [0.3, 0.4) is 0 Å². The van der Waals surface area contributed by atoms with Crippen LogP contribution in [-0.4, -0.2) is 144 Å². The van der Waals surface area contributed by atoms with Crippen molar-refractivity contribution in [2.45, 2.75) is 75.2 Å². The number of nitrogens with one attached hydrogen (secondary N) is 1. The molecule has 0 unspecified atom stereocenters. The monoisotopic (exact) mass is 1410 g/mol. The molecule has 6 aromatic heterocycles. The first-order chi connectivity index (χ1) is 33.5. The predicted molar refractivity (Wildman–Crippen MR) is 267 cm³/mol. The average Bonchev–Trinajstić information content (AvgIpc) is 3.97. The summed E-state index contributed by atoms with van der Waals surface area (Å²) < 4.78 is 104. The molecule has 0 spiro atoms. The molecule has 10 rings (SSSR count). The molecule has 10 heterocycles. The number of nitrogens with zero attached hydrogens (tertiary/aromatic N) is 9. The Morgan fingerprint density at radius 3 is 1.63 bits per heavy atom. The summed E-state index contributed by atoms with van der Waals surface area (Å²) in [5, 5.41) is 9.58. The fourth-order valence-electron chi connectivity index (χ4n) is 8.69. The maximum Gasteiger partial charge on any atom is 1.00 e. The minimum atomic E-state index is -3.61. The number of hydrogen-bond donors (Lipinski definition) is 1. The van der Waals surface area contributed by atoms with Gasteiger partial charge in [0, 0.05) is 42.7 Å².